The summed E-state index contributed by atoms with van der Waals surface area (Å²) in [6.45, 7) is 3.79. The minimum absolute atomic E-state index is 0.327. The Kier molecular flexibility index (Phi) is 5.72. The van der Waals surface area contributed by atoms with E-state index in [1.165, 1.54) is 5.56 Å². The lowest BCUT2D eigenvalue weighted by Crippen LogP contribution is -2.25. The Labute approximate surface area is 130 Å². The molecule has 0 amide bonds. The van der Waals surface area contributed by atoms with Crippen LogP contribution < -0.4 is 10.6 Å². The van der Waals surface area contributed by atoms with E-state index in [9.17, 15) is 0 Å². The van der Waals surface area contributed by atoms with Crippen molar-refractivity contribution in [2.45, 2.75) is 13.0 Å². The highest BCUT2D eigenvalue weighted by Crippen LogP contribution is 2.25. The molecule has 2 aromatic rings. The van der Waals surface area contributed by atoms with Crippen LogP contribution in [0, 0.1) is 0 Å². The second-order valence-corrected chi connectivity index (χ2v) is 5.48. The van der Waals surface area contributed by atoms with Gasteiger partial charge in [0.1, 0.15) is 0 Å². The van der Waals surface area contributed by atoms with Gasteiger partial charge >= 0.3 is 0 Å². The zero-order valence-electron chi connectivity index (χ0n) is 11.4. The van der Waals surface area contributed by atoms with E-state index in [4.69, 9.17) is 23.2 Å². The van der Waals surface area contributed by atoms with Crippen molar-refractivity contribution in [1.29, 1.82) is 0 Å². The molecule has 0 heterocycles. The van der Waals surface area contributed by atoms with Crippen LogP contribution in [0.4, 0.5) is 5.69 Å². The van der Waals surface area contributed by atoms with E-state index in [0.717, 1.165) is 18.8 Å². The third kappa shape index (κ3) is 4.41. The van der Waals surface area contributed by atoms with Crippen LogP contribution >= 0.6 is 23.2 Å². The summed E-state index contributed by atoms with van der Waals surface area (Å²) in [6, 6.07) is 16.1. The highest BCUT2D eigenvalue weighted by Gasteiger charge is 2.04. The van der Waals surface area contributed by atoms with Gasteiger partial charge in [-0.05, 0) is 30.7 Å². The van der Waals surface area contributed by atoms with Crippen LogP contribution in [0.3, 0.4) is 0 Å². The van der Waals surface area contributed by atoms with Gasteiger partial charge in [0, 0.05) is 24.2 Å². The van der Waals surface area contributed by atoms with Gasteiger partial charge in [-0.3, -0.25) is 0 Å². The minimum Gasteiger partial charge on any atom is -0.383 e. The van der Waals surface area contributed by atoms with Gasteiger partial charge in [0.2, 0.25) is 0 Å². The fraction of sp³-hybridized carbons (Fsp3) is 0.250. The van der Waals surface area contributed by atoms with Crippen LogP contribution in [0.1, 0.15) is 18.5 Å². The average molecular weight is 309 g/mol. The molecule has 0 aliphatic rings. The summed E-state index contributed by atoms with van der Waals surface area (Å²) in [4.78, 5) is 0. The van der Waals surface area contributed by atoms with Crippen molar-refractivity contribution in [3.63, 3.8) is 0 Å². The molecule has 0 saturated carbocycles. The topological polar surface area (TPSA) is 24.1 Å². The molecule has 2 nitrogen and oxygen atoms in total. The van der Waals surface area contributed by atoms with Gasteiger partial charge in [0.05, 0.1) is 10.7 Å². The number of benzene rings is 2. The normalized spacial score (nSPS) is 12.2. The van der Waals surface area contributed by atoms with Gasteiger partial charge < -0.3 is 10.6 Å². The molecule has 4 heteroatoms. The summed E-state index contributed by atoms with van der Waals surface area (Å²) in [5, 5.41) is 8.11. The van der Waals surface area contributed by atoms with Crippen LogP contribution in [0.5, 0.6) is 0 Å². The third-order valence-electron chi connectivity index (χ3n) is 3.12. The fourth-order valence-corrected chi connectivity index (χ4v) is 2.33. The summed E-state index contributed by atoms with van der Waals surface area (Å²) < 4.78 is 0. The first-order chi connectivity index (χ1) is 9.66. The number of nitrogens with one attached hydrogen (secondary N) is 2. The maximum atomic E-state index is 6.09. The molecule has 0 spiro atoms. The number of rotatable bonds is 6. The Balaban J connectivity index is 1.78. The predicted molar refractivity (Wildman–Crippen MR) is 87.8 cm³/mol. The maximum absolute atomic E-state index is 6.09. The number of hydrogen-bond acceptors (Lipinski definition) is 2. The Morgan fingerprint density at radius 1 is 1.00 bits per heavy atom. The van der Waals surface area contributed by atoms with Crippen LogP contribution in [-0.4, -0.2) is 13.1 Å². The van der Waals surface area contributed by atoms with Crippen molar-refractivity contribution in [1.82, 2.24) is 5.32 Å². The molecule has 0 aliphatic carbocycles. The molecule has 2 aromatic carbocycles. The second kappa shape index (κ2) is 7.53. The van der Waals surface area contributed by atoms with E-state index >= 15 is 0 Å². The zero-order chi connectivity index (χ0) is 14.4. The molecule has 1 atom stereocenters. The van der Waals surface area contributed by atoms with E-state index in [1.807, 2.05) is 12.1 Å². The summed E-state index contributed by atoms with van der Waals surface area (Å²) in [7, 11) is 0. The molecule has 1 unspecified atom stereocenters. The number of anilines is 1. The van der Waals surface area contributed by atoms with Gasteiger partial charge in [-0.25, -0.2) is 0 Å². The van der Waals surface area contributed by atoms with Crippen LogP contribution in [0.25, 0.3) is 0 Å². The van der Waals surface area contributed by atoms with Gasteiger partial charge in [-0.2, -0.15) is 0 Å². The van der Waals surface area contributed by atoms with E-state index < -0.39 is 0 Å². The average Bonchev–Trinajstić information content (AvgIpc) is 2.47. The molecule has 0 fully saturated rings. The van der Waals surface area contributed by atoms with Crippen molar-refractivity contribution in [3.8, 4) is 0 Å². The lowest BCUT2D eigenvalue weighted by molar-refractivity contribution is 0.588. The van der Waals surface area contributed by atoms with E-state index in [2.05, 4.69) is 41.8 Å². The molecule has 20 heavy (non-hydrogen) atoms. The lowest BCUT2D eigenvalue weighted by Gasteiger charge is -2.15. The van der Waals surface area contributed by atoms with Crippen molar-refractivity contribution in [2.75, 3.05) is 18.4 Å². The summed E-state index contributed by atoms with van der Waals surface area (Å²) in [5.41, 5.74) is 2.15. The molecule has 0 aromatic heterocycles. The largest absolute Gasteiger partial charge is 0.383 e. The highest BCUT2D eigenvalue weighted by molar-refractivity contribution is 6.35. The quantitative estimate of drug-likeness (QED) is 0.752. The Hall–Kier alpha value is -1.22. The van der Waals surface area contributed by atoms with Crippen LogP contribution in [0.15, 0.2) is 48.5 Å². The monoisotopic (exact) mass is 308 g/mol. The smallest absolute Gasteiger partial charge is 0.0638 e. The van der Waals surface area contributed by atoms with Gasteiger partial charge in [0.25, 0.3) is 0 Å². The van der Waals surface area contributed by atoms with Crippen LogP contribution in [0.2, 0.25) is 10.0 Å². The Morgan fingerprint density at radius 2 is 1.75 bits per heavy atom. The first-order valence-electron chi connectivity index (χ1n) is 6.64. The molecule has 2 N–H and O–H groups in total. The van der Waals surface area contributed by atoms with Crippen molar-refractivity contribution in [3.05, 3.63) is 64.1 Å². The van der Waals surface area contributed by atoms with Gasteiger partial charge in [-0.15, -0.1) is 0 Å². The van der Waals surface area contributed by atoms with E-state index in [1.54, 1.807) is 12.1 Å². The zero-order valence-corrected chi connectivity index (χ0v) is 12.9. The Morgan fingerprint density at radius 3 is 2.50 bits per heavy atom. The molecule has 0 bridgehead atoms. The SMILES string of the molecule is CC(NCCNc1cc(Cl)ccc1Cl)c1ccccc1. The number of hydrogen-bond donors (Lipinski definition) is 2. The van der Waals surface area contributed by atoms with E-state index in [0.29, 0.717) is 16.1 Å². The van der Waals surface area contributed by atoms with Gasteiger partial charge in [0.15, 0.2) is 0 Å². The fourth-order valence-electron chi connectivity index (χ4n) is 1.98. The molecule has 0 radical (unpaired) electrons. The third-order valence-corrected chi connectivity index (χ3v) is 3.68. The van der Waals surface area contributed by atoms with Gasteiger partial charge in [-0.1, -0.05) is 53.5 Å². The molecule has 0 saturated heterocycles. The standard InChI is InChI=1S/C16H18Cl2N2/c1-12(13-5-3-2-4-6-13)19-9-10-20-16-11-14(17)7-8-15(16)18/h2-8,11-12,19-20H,9-10H2,1H3. The first-order valence-corrected chi connectivity index (χ1v) is 7.39. The lowest BCUT2D eigenvalue weighted by atomic mass is 10.1. The van der Waals surface area contributed by atoms with Crippen molar-refractivity contribution >= 4 is 28.9 Å². The molecule has 0 aliphatic heterocycles. The Bertz CT molecular complexity index is 543. The molecular weight excluding hydrogens is 291 g/mol. The second-order valence-electron chi connectivity index (χ2n) is 4.64. The number of halogens is 2. The summed E-state index contributed by atoms with van der Waals surface area (Å²) in [5.74, 6) is 0. The summed E-state index contributed by atoms with van der Waals surface area (Å²) in [6.07, 6.45) is 0. The first kappa shape index (κ1) is 15.2. The van der Waals surface area contributed by atoms with Crippen molar-refractivity contribution in [2.24, 2.45) is 0 Å². The van der Waals surface area contributed by atoms with Crippen molar-refractivity contribution < 1.29 is 0 Å². The van der Waals surface area contributed by atoms with E-state index in [-0.39, 0.29) is 0 Å². The summed E-state index contributed by atoms with van der Waals surface area (Å²) >= 11 is 12.0. The maximum Gasteiger partial charge on any atom is 0.0638 e. The van der Waals surface area contributed by atoms with Crippen LogP contribution in [-0.2, 0) is 0 Å². The highest BCUT2D eigenvalue weighted by atomic mass is 35.5. The molecule has 106 valence electrons. The molecule has 2 rings (SSSR count). The molecular formula is C16H18Cl2N2. The minimum atomic E-state index is 0.327. The predicted octanol–water partition coefficient (Wildman–Crippen LogP) is 4.76.